The predicted octanol–water partition coefficient (Wildman–Crippen LogP) is 2.94. The topological polar surface area (TPSA) is 95.0 Å². The normalized spacial score (nSPS) is 13.5. The third kappa shape index (κ3) is 4.01. The van der Waals surface area contributed by atoms with E-state index in [0.29, 0.717) is 10.5 Å². The second-order valence-corrected chi connectivity index (χ2v) is 8.73. The number of alkyl halides is 3. The molecule has 148 valence electrons. The van der Waals surface area contributed by atoms with Crippen molar-refractivity contribution in [3.63, 3.8) is 0 Å². The molecule has 1 atom stereocenters. The maximum absolute atomic E-state index is 13.3. The van der Waals surface area contributed by atoms with Gasteiger partial charge in [0, 0.05) is 27.5 Å². The van der Waals surface area contributed by atoms with E-state index in [2.05, 4.69) is 5.10 Å². The first-order chi connectivity index (χ1) is 13.0. The van der Waals surface area contributed by atoms with Gasteiger partial charge >= 0.3 is 6.18 Å². The van der Waals surface area contributed by atoms with E-state index in [1.807, 2.05) is 0 Å². The van der Waals surface area contributed by atoms with Crippen molar-refractivity contribution in [3.05, 3.63) is 60.3 Å². The third-order valence-corrected chi connectivity index (χ3v) is 5.78. The van der Waals surface area contributed by atoms with E-state index < -0.39 is 32.7 Å². The number of nitrogens with two attached hydrogens (primary N) is 1. The van der Waals surface area contributed by atoms with Crippen LogP contribution in [0.1, 0.15) is 5.69 Å². The summed E-state index contributed by atoms with van der Waals surface area (Å²) in [6, 6.07) is 12.2. The molecule has 11 heteroatoms. The minimum atomic E-state index is -4.73. The van der Waals surface area contributed by atoms with E-state index in [9.17, 15) is 25.8 Å². The molecule has 0 saturated heterocycles. The molecule has 0 radical (unpaired) electrons. The molecule has 0 amide bonds. The number of rotatable bonds is 4. The van der Waals surface area contributed by atoms with Gasteiger partial charge in [0.1, 0.15) is 4.90 Å². The minimum Gasteiger partial charge on any atom is -0.255 e. The van der Waals surface area contributed by atoms with Gasteiger partial charge in [-0.05, 0) is 30.3 Å². The molecule has 0 aliphatic heterocycles. The molecule has 1 unspecified atom stereocenters. The van der Waals surface area contributed by atoms with Crippen LogP contribution in [0.15, 0.2) is 64.4 Å². The van der Waals surface area contributed by atoms with Crippen LogP contribution in [-0.2, 0) is 27.0 Å². The van der Waals surface area contributed by atoms with Gasteiger partial charge in [-0.1, -0.05) is 24.3 Å². The number of benzene rings is 2. The van der Waals surface area contributed by atoms with Crippen molar-refractivity contribution in [2.75, 3.05) is 6.26 Å². The van der Waals surface area contributed by atoms with Crippen LogP contribution in [0.4, 0.5) is 13.2 Å². The molecule has 6 nitrogen and oxygen atoms in total. The largest absolute Gasteiger partial charge is 0.435 e. The average Bonchev–Trinajstić information content (AvgIpc) is 3.06. The fourth-order valence-electron chi connectivity index (χ4n) is 2.60. The first-order valence-corrected chi connectivity index (χ1v) is 10.8. The number of nitrogens with zero attached hydrogens (tertiary/aromatic N) is 2. The summed E-state index contributed by atoms with van der Waals surface area (Å²) in [6.07, 6.45) is -3.26. The Bertz CT molecular complexity index is 1150. The number of primary sulfonamides is 1. The van der Waals surface area contributed by atoms with Gasteiger partial charge in [0.2, 0.25) is 10.0 Å². The van der Waals surface area contributed by atoms with Crippen molar-refractivity contribution in [1.29, 1.82) is 0 Å². The summed E-state index contributed by atoms with van der Waals surface area (Å²) < 4.78 is 76.0. The van der Waals surface area contributed by atoms with Crippen LogP contribution in [0.3, 0.4) is 0 Å². The Balaban J connectivity index is 2.28. The molecule has 0 aliphatic rings. The lowest BCUT2D eigenvalue weighted by Crippen LogP contribution is -2.16. The summed E-state index contributed by atoms with van der Waals surface area (Å²) in [4.78, 5) is 0.134. The highest BCUT2D eigenvalue weighted by molar-refractivity contribution is 7.89. The quantitative estimate of drug-likeness (QED) is 0.690. The highest BCUT2D eigenvalue weighted by Crippen LogP contribution is 2.34. The molecule has 3 rings (SSSR count). The third-order valence-electron chi connectivity index (χ3n) is 3.88. The summed E-state index contributed by atoms with van der Waals surface area (Å²) in [7, 11) is -5.46. The molecule has 0 fully saturated rings. The monoisotopic (exact) mass is 429 g/mol. The first kappa shape index (κ1) is 20.2. The zero-order valence-corrected chi connectivity index (χ0v) is 16.0. The van der Waals surface area contributed by atoms with Gasteiger partial charge in [0.05, 0.1) is 11.4 Å². The zero-order valence-electron chi connectivity index (χ0n) is 14.3. The highest BCUT2D eigenvalue weighted by atomic mass is 32.2. The Morgan fingerprint density at radius 3 is 2.21 bits per heavy atom. The van der Waals surface area contributed by atoms with E-state index in [0.717, 1.165) is 10.7 Å². The molecule has 2 N–H and O–H groups in total. The number of halogens is 3. The van der Waals surface area contributed by atoms with Gasteiger partial charge in [0.15, 0.2) is 5.69 Å². The van der Waals surface area contributed by atoms with Crippen molar-refractivity contribution < 1.29 is 25.8 Å². The molecular formula is C17H14F3N3O3S2. The summed E-state index contributed by atoms with van der Waals surface area (Å²) in [5.41, 5.74) is -0.952. The van der Waals surface area contributed by atoms with Gasteiger partial charge in [0.25, 0.3) is 0 Å². The lowest BCUT2D eigenvalue weighted by atomic mass is 10.1. The summed E-state index contributed by atoms with van der Waals surface area (Å²) >= 11 is 0. The molecule has 0 aliphatic carbocycles. The summed E-state index contributed by atoms with van der Waals surface area (Å²) in [5.74, 6) is 0. The molecule has 1 aromatic heterocycles. The van der Waals surface area contributed by atoms with Crippen LogP contribution in [0.25, 0.3) is 16.9 Å². The first-order valence-electron chi connectivity index (χ1n) is 7.72. The van der Waals surface area contributed by atoms with Gasteiger partial charge < -0.3 is 0 Å². The number of para-hydroxylation sites is 1. The van der Waals surface area contributed by atoms with Crippen LogP contribution in [0.2, 0.25) is 0 Å². The highest BCUT2D eigenvalue weighted by Gasteiger charge is 2.35. The summed E-state index contributed by atoms with van der Waals surface area (Å²) in [5, 5.41) is 8.78. The van der Waals surface area contributed by atoms with E-state index in [-0.39, 0.29) is 16.3 Å². The van der Waals surface area contributed by atoms with Gasteiger partial charge in [-0.3, -0.25) is 4.21 Å². The average molecular weight is 429 g/mol. The smallest absolute Gasteiger partial charge is 0.255 e. The van der Waals surface area contributed by atoms with Crippen molar-refractivity contribution in [1.82, 2.24) is 9.78 Å². The molecule has 1 heterocycles. The lowest BCUT2D eigenvalue weighted by Gasteiger charge is -2.11. The van der Waals surface area contributed by atoms with E-state index in [1.54, 1.807) is 0 Å². The minimum absolute atomic E-state index is 0.0110. The van der Waals surface area contributed by atoms with E-state index in [4.69, 9.17) is 5.14 Å². The fraction of sp³-hybridized carbons (Fsp3) is 0.118. The van der Waals surface area contributed by atoms with Gasteiger partial charge in [-0.15, -0.1) is 0 Å². The maximum Gasteiger partial charge on any atom is 0.435 e. The molecule has 0 bridgehead atoms. The van der Waals surface area contributed by atoms with E-state index >= 15 is 0 Å². The molecular weight excluding hydrogens is 415 g/mol. The Hall–Kier alpha value is -2.50. The van der Waals surface area contributed by atoms with Crippen LogP contribution in [0, 0.1) is 0 Å². The Morgan fingerprint density at radius 2 is 1.68 bits per heavy atom. The molecule has 28 heavy (non-hydrogen) atoms. The SMILES string of the molecule is CS(=O)c1ccc(-c2cc(C(F)(F)F)nn2-c2ccccc2S(N)(=O)=O)cc1. The molecule has 3 aromatic rings. The Kier molecular flexibility index (Phi) is 5.17. The summed E-state index contributed by atoms with van der Waals surface area (Å²) in [6.45, 7) is 0. The standard InChI is InChI=1S/C17H14F3N3O3S2/c1-27(24)12-8-6-11(7-9-12)14-10-16(17(18,19)20)22-23(14)13-4-2-3-5-15(13)28(21,25)26/h2-10H,1H3,(H2,21,25,26). The molecule has 2 aromatic carbocycles. The predicted molar refractivity (Wildman–Crippen MR) is 97.7 cm³/mol. The Labute approximate surface area is 161 Å². The van der Waals surface area contributed by atoms with Crippen molar-refractivity contribution in [2.45, 2.75) is 16.0 Å². The van der Waals surface area contributed by atoms with E-state index in [1.165, 1.54) is 54.8 Å². The number of hydrogen-bond donors (Lipinski definition) is 1. The van der Waals surface area contributed by atoms with Gasteiger partial charge in [-0.25, -0.2) is 18.2 Å². The fourth-order valence-corrected chi connectivity index (χ4v) is 3.83. The molecule has 0 saturated carbocycles. The van der Waals surface area contributed by atoms with Crippen LogP contribution in [-0.4, -0.2) is 28.7 Å². The lowest BCUT2D eigenvalue weighted by molar-refractivity contribution is -0.141. The zero-order chi connectivity index (χ0) is 20.7. The molecule has 0 spiro atoms. The van der Waals surface area contributed by atoms with Crippen molar-refractivity contribution in [2.24, 2.45) is 5.14 Å². The number of aromatic nitrogens is 2. The Morgan fingerprint density at radius 1 is 1.07 bits per heavy atom. The second-order valence-electron chi connectivity index (χ2n) is 5.82. The number of hydrogen-bond acceptors (Lipinski definition) is 4. The second kappa shape index (κ2) is 7.15. The maximum atomic E-state index is 13.3. The van der Waals surface area contributed by atoms with Gasteiger partial charge in [-0.2, -0.15) is 18.3 Å². The van der Waals surface area contributed by atoms with Crippen LogP contribution in [0.5, 0.6) is 0 Å². The number of sulfonamides is 1. The van der Waals surface area contributed by atoms with Crippen LogP contribution >= 0.6 is 0 Å². The van der Waals surface area contributed by atoms with Crippen molar-refractivity contribution >= 4 is 20.8 Å². The van der Waals surface area contributed by atoms with Crippen molar-refractivity contribution in [3.8, 4) is 16.9 Å². The van der Waals surface area contributed by atoms with Crippen LogP contribution < -0.4 is 5.14 Å².